The van der Waals surface area contributed by atoms with Crippen molar-refractivity contribution >= 4 is 95.7 Å². The zero-order chi connectivity index (χ0) is 32.1. The number of fused-ring (bicyclic) bond motifs is 13. The van der Waals surface area contributed by atoms with Crippen molar-refractivity contribution in [2.75, 3.05) is 0 Å². The molecule has 0 atom stereocenters. The third kappa shape index (κ3) is 3.88. The maximum Gasteiger partial charge on any atom is 0.236 e. The highest BCUT2D eigenvalue weighted by Crippen LogP contribution is 2.48. The van der Waals surface area contributed by atoms with Crippen LogP contribution < -0.4 is 0 Å². The van der Waals surface area contributed by atoms with E-state index in [9.17, 15) is 0 Å². The summed E-state index contributed by atoms with van der Waals surface area (Å²) in [5.41, 5.74) is 6.65. The van der Waals surface area contributed by atoms with Crippen LogP contribution in [-0.2, 0) is 0 Å². The third-order valence-corrected chi connectivity index (χ3v) is 12.1. The molecule has 0 radical (unpaired) electrons. The molecule has 0 aliphatic heterocycles. The van der Waals surface area contributed by atoms with E-state index in [1.54, 1.807) is 11.3 Å². The summed E-state index contributed by atoms with van der Waals surface area (Å²) in [5.74, 6) is 0.691. The molecular weight excluding hydrogens is 635 g/mol. The molecule has 11 aromatic rings. The van der Waals surface area contributed by atoms with E-state index < -0.39 is 0 Å². The van der Waals surface area contributed by atoms with E-state index in [-0.39, 0.29) is 0 Å². The van der Waals surface area contributed by atoms with Crippen molar-refractivity contribution in [3.63, 3.8) is 0 Å². The van der Waals surface area contributed by atoms with Gasteiger partial charge in [-0.15, -0.1) is 22.7 Å². The molecular formula is C44H25N3S2. The summed E-state index contributed by atoms with van der Waals surface area (Å²) >= 11 is 3.62. The molecule has 0 N–H and O–H groups in total. The Morgan fingerprint density at radius 3 is 1.86 bits per heavy atom. The molecule has 0 spiro atoms. The van der Waals surface area contributed by atoms with Gasteiger partial charge in [-0.05, 0) is 40.8 Å². The highest BCUT2D eigenvalue weighted by atomic mass is 32.1. The van der Waals surface area contributed by atoms with Gasteiger partial charge in [-0.2, -0.15) is 0 Å². The number of para-hydroxylation sites is 1. The minimum absolute atomic E-state index is 0.691. The largest absolute Gasteiger partial charge is 0.277 e. The van der Waals surface area contributed by atoms with E-state index in [1.165, 1.54) is 62.9 Å². The zero-order valence-corrected chi connectivity index (χ0v) is 27.7. The fraction of sp³-hybridized carbons (Fsp3) is 0. The first-order valence-corrected chi connectivity index (χ1v) is 18.1. The average molecular weight is 660 g/mol. The van der Waals surface area contributed by atoms with Crippen LogP contribution in [0.25, 0.3) is 101 Å². The van der Waals surface area contributed by atoms with Crippen LogP contribution in [0.1, 0.15) is 0 Å². The summed E-state index contributed by atoms with van der Waals surface area (Å²) in [7, 11) is 0. The van der Waals surface area contributed by atoms with E-state index in [2.05, 4.69) is 156 Å². The Morgan fingerprint density at radius 1 is 0.429 bits per heavy atom. The summed E-state index contributed by atoms with van der Waals surface area (Å²) in [6.45, 7) is 0. The van der Waals surface area contributed by atoms with E-state index >= 15 is 0 Å². The van der Waals surface area contributed by atoms with Crippen LogP contribution in [0.3, 0.4) is 0 Å². The van der Waals surface area contributed by atoms with Crippen LogP contribution in [-0.4, -0.2) is 14.5 Å². The number of hydrogen-bond donors (Lipinski definition) is 0. The second-order valence-electron chi connectivity index (χ2n) is 12.5. The van der Waals surface area contributed by atoms with Crippen molar-refractivity contribution in [3.8, 4) is 28.3 Å². The second kappa shape index (κ2) is 10.3. The number of rotatable bonds is 3. The normalized spacial score (nSPS) is 12.1. The van der Waals surface area contributed by atoms with Gasteiger partial charge in [0.2, 0.25) is 5.95 Å². The Morgan fingerprint density at radius 2 is 1.04 bits per heavy atom. The predicted octanol–water partition coefficient (Wildman–Crippen LogP) is 12.8. The molecule has 0 saturated heterocycles. The Bertz CT molecular complexity index is 3110. The quantitative estimate of drug-likeness (QED) is 0.189. The maximum absolute atomic E-state index is 5.56. The fourth-order valence-electron chi connectivity index (χ4n) is 7.73. The number of aromatic nitrogens is 3. The summed E-state index contributed by atoms with van der Waals surface area (Å²) in [5, 5.41) is 9.86. The van der Waals surface area contributed by atoms with Gasteiger partial charge in [0.15, 0.2) is 0 Å². The van der Waals surface area contributed by atoms with Gasteiger partial charge in [-0.3, -0.25) is 4.57 Å². The second-order valence-corrected chi connectivity index (χ2v) is 14.6. The summed E-state index contributed by atoms with van der Waals surface area (Å²) in [4.78, 5) is 12.0. The van der Waals surface area contributed by atoms with Crippen LogP contribution in [0.15, 0.2) is 152 Å². The first-order valence-electron chi connectivity index (χ1n) is 16.4. The lowest BCUT2D eigenvalue weighted by molar-refractivity contribution is 1.02. The molecule has 0 fully saturated rings. The fourth-order valence-corrected chi connectivity index (χ4v) is 10.1. The molecule has 49 heavy (non-hydrogen) atoms. The Hall–Kier alpha value is -5.88. The minimum atomic E-state index is 0.691. The number of benzene rings is 7. The van der Waals surface area contributed by atoms with Gasteiger partial charge in [0.05, 0.1) is 16.7 Å². The summed E-state index contributed by atoms with van der Waals surface area (Å²) in [6.07, 6.45) is 0. The van der Waals surface area contributed by atoms with Gasteiger partial charge in [-0.25, -0.2) is 9.97 Å². The Kier molecular flexibility index (Phi) is 5.70. The number of thiophene rings is 2. The van der Waals surface area contributed by atoms with Gasteiger partial charge in [0.1, 0.15) is 4.83 Å². The maximum atomic E-state index is 5.56. The monoisotopic (exact) mass is 659 g/mol. The van der Waals surface area contributed by atoms with Gasteiger partial charge < -0.3 is 0 Å². The molecule has 3 nitrogen and oxygen atoms in total. The molecule has 4 aromatic heterocycles. The Balaban J connectivity index is 1.30. The smallest absolute Gasteiger partial charge is 0.236 e. The summed E-state index contributed by atoms with van der Waals surface area (Å²) < 4.78 is 6.15. The number of nitrogens with zero attached hydrogens (tertiary/aromatic N) is 3. The van der Waals surface area contributed by atoms with Crippen LogP contribution in [0, 0.1) is 0 Å². The lowest BCUT2D eigenvalue weighted by Crippen LogP contribution is -2.03. The van der Waals surface area contributed by atoms with Gasteiger partial charge >= 0.3 is 0 Å². The molecule has 0 amide bonds. The van der Waals surface area contributed by atoms with Crippen molar-refractivity contribution < 1.29 is 0 Å². The first-order chi connectivity index (χ1) is 24.3. The van der Waals surface area contributed by atoms with E-state index in [0.717, 1.165) is 32.5 Å². The third-order valence-electron chi connectivity index (χ3n) is 9.82. The molecule has 5 heteroatoms. The van der Waals surface area contributed by atoms with Gasteiger partial charge in [0.25, 0.3) is 0 Å². The lowest BCUT2D eigenvalue weighted by atomic mass is 9.99. The standard InChI is InChI=1S/C44H25N3S2/c1-2-13-26(14-3-1)27-15-12-16-28(25-27)40-38-33-21-8-11-24-36(33)49-43(38)46-44(45-40)47-34-22-9-6-19-31(34)39-41(47)30-18-5-4-17-29(30)37-32-20-7-10-23-35(32)48-42(37)39/h1-25H. The molecule has 7 aromatic carbocycles. The Labute approximate surface area is 289 Å². The molecule has 0 bridgehead atoms. The van der Waals surface area contributed by atoms with E-state index in [0.29, 0.717) is 5.95 Å². The van der Waals surface area contributed by atoms with E-state index in [4.69, 9.17) is 9.97 Å². The van der Waals surface area contributed by atoms with Crippen LogP contribution >= 0.6 is 22.7 Å². The van der Waals surface area contributed by atoms with Crippen molar-refractivity contribution in [2.24, 2.45) is 0 Å². The predicted molar refractivity (Wildman–Crippen MR) is 211 cm³/mol. The topological polar surface area (TPSA) is 30.7 Å². The molecule has 4 heterocycles. The van der Waals surface area contributed by atoms with Crippen LogP contribution in [0.2, 0.25) is 0 Å². The van der Waals surface area contributed by atoms with Crippen LogP contribution in [0.4, 0.5) is 0 Å². The molecule has 0 unspecified atom stereocenters. The average Bonchev–Trinajstić information content (AvgIpc) is 3.85. The van der Waals surface area contributed by atoms with Crippen LogP contribution in [0.5, 0.6) is 0 Å². The zero-order valence-electron chi connectivity index (χ0n) is 26.1. The van der Waals surface area contributed by atoms with Crippen molar-refractivity contribution in [1.29, 1.82) is 0 Å². The highest BCUT2D eigenvalue weighted by Gasteiger charge is 2.24. The minimum Gasteiger partial charge on any atom is -0.277 e. The molecule has 11 rings (SSSR count). The lowest BCUT2D eigenvalue weighted by Gasteiger charge is -2.12. The van der Waals surface area contributed by atoms with Gasteiger partial charge in [0, 0.05) is 57.4 Å². The van der Waals surface area contributed by atoms with E-state index in [1.807, 2.05) is 11.3 Å². The molecule has 228 valence electrons. The van der Waals surface area contributed by atoms with Crippen molar-refractivity contribution in [1.82, 2.24) is 14.5 Å². The van der Waals surface area contributed by atoms with Crippen molar-refractivity contribution in [2.45, 2.75) is 0 Å². The van der Waals surface area contributed by atoms with Gasteiger partial charge in [-0.1, -0.05) is 127 Å². The highest BCUT2D eigenvalue weighted by molar-refractivity contribution is 7.27. The summed E-state index contributed by atoms with van der Waals surface area (Å²) in [6, 6.07) is 54.4. The van der Waals surface area contributed by atoms with Crippen molar-refractivity contribution in [3.05, 3.63) is 152 Å². The first kappa shape index (κ1) is 27.1. The molecule has 0 aliphatic carbocycles. The molecule has 0 saturated carbocycles. The SMILES string of the molecule is c1ccc(-c2cccc(-c3nc(-n4c5ccccc5c5c6sc7ccccc7c6c6ccccc6c54)nc4sc5ccccc5c34)c2)cc1. The number of hydrogen-bond acceptors (Lipinski definition) is 4. The molecule has 0 aliphatic rings.